The molecular weight excluding hydrogens is 244 g/mol. The van der Waals surface area contributed by atoms with Gasteiger partial charge in [0.1, 0.15) is 5.82 Å². The van der Waals surface area contributed by atoms with Gasteiger partial charge < -0.3 is 11.1 Å². The van der Waals surface area contributed by atoms with Crippen LogP contribution in [0.15, 0.2) is 0 Å². The third-order valence-corrected chi connectivity index (χ3v) is 3.74. The van der Waals surface area contributed by atoms with Crippen LogP contribution in [-0.4, -0.2) is 28.3 Å². The monoisotopic (exact) mass is 270 g/mol. The molecule has 1 aromatic rings. The Balaban J connectivity index is 2.26. The fourth-order valence-corrected chi connectivity index (χ4v) is 2.44. The second-order valence-corrected chi connectivity index (χ2v) is 5.48. The Morgan fingerprint density at radius 2 is 2.00 bits per heavy atom. The summed E-state index contributed by atoms with van der Waals surface area (Å²) < 4.78 is 1.94. The molecule has 4 nitrogen and oxygen atoms in total. The van der Waals surface area contributed by atoms with E-state index in [0.29, 0.717) is 0 Å². The van der Waals surface area contributed by atoms with Crippen molar-refractivity contribution >= 4 is 23.3 Å². The average molecular weight is 270 g/mol. The molecule has 0 bridgehead atoms. The second-order valence-electron chi connectivity index (χ2n) is 4.50. The predicted molar refractivity (Wildman–Crippen MR) is 82.4 cm³/mol. The lowest BCUT2D eigenvalue weighted by Crippen LogP contribution is -2.09. The highest BCUT2D eigenvalue weighted by Crippen LogP contribution is 2.22. The van der Waals surface area contributed by atoms with E-state index in [-0.39, 0.29) is 0 Å². The van der Waals surface area contributed by atoms with E-state index >= 15 is 0 Å². The zero-order chi connectivity index (χ0) is 13.4. The topological polar surface area (TPSA) is 55.9 Å². The Kier molecular flexibility index (Phi) is 7.01. The summed E-state index contributed by atoms with van der Waals surface area (Å²) in [5, 5.41) is 7.81. The first-order valence-electron chi connectivity index (χ1n) is 6.76. The quantitative estimate of drug-likeness (QED) is 0.677. The normalized spacial score (nSPS) is 10.8. The minimum atomic E-state index is 0.791. The van der Waals surface area contributed by atoms with E-state index in [0.717, 1.165) is 30.3 Å². The number of aromatic nitrogens is 2. The molecule has 0 aliphatic carbocycles. The van der Waals surface area contributed by atoms with Crippen LogP contribution in [0.5, 0.6) is 0 Å². The summed E-state index contributed by atoms with van der Waals surface area (Å²) in [5.41, 5.74) is 7.72. The van der Waals surface area contributed by atoms with Gasteiger partial charge in [-0.3, -0.25) is 0 Å². The number of nitrogen functional groups attached to an aromatic ring is 1. The van der Waals surface area contributed by atoms with Crippen molar-refractivity contribution in [3.63, 3.8) is 0 Å². The minimum absolute atomic E-state index is 0.791. The largest absolute Gasteiger partial charge is 0.394 e. The molecular formula is C13H26N4S. The van der Waals surface area contributed by atoms with Crippen molar-refractivity contribution < 1.29 is 0 Å². The first kappa shape index (κ1) is 15.2. The number of anilines is 2. The first-order valence-corrected chi connectivity index (χ1v) is 8.15. The molecule has 3 N–H and O–H groups in total. The van der Waals surface area contributed by atoms with Gasteiger partial charge in [0.05, 0.1) is 11.4 Å². The summed E-state index contributed by atoms with van der Waals surface area (Å²) in [6, 6.07) is 0. The molecule has 0 radical (unpaired) electrons. The maximum absolute atomic E-state index is 6.01. The van der Waals surface area contributed by atoms with Crippen LogP contribution in [0.4, 0.5) is 11.5 Å². The highest BCUT2D eigenvalue weighted by atomic mass is 32.2. The summed E-state index contributed by atoms with van der Waals surface area (Å²) in [5.74, 6) is 2.27. The van der Waals surface area contributed by atoms with Crippen molar-refractivity contribution in [2.45, 2.75) is 46.1 Å². The summed E-state index contributed by atoms with van der Waals surface area (Å²) in [4.78, 5) is 0. The van der Waals surface area contributed by atoms with Crippen LogP contribution in [0.25, 0.3) is 0 Å². The Bertz CT molecular complexity index is 349. The Morgan fingerprint density at radius 1 is 1.28 bits per heavy atom. The lowest BCUT2D eigenvalue weighted by Gasteiger charge is -2.09. The Hall–Kier alpha value is -0.840. The summed E-state index contributed by atoms with van der Waals surface area (Å²) in [7, 11) is 0. The number of nitrogens with zero attached hydrogens (tertiary/aromatic N) is 2. The zero-order valence-electron chi connectivity index (χ0n) is 11.8. The van der Waals surface area contributed by atoms with Crippen molar-refractivity contribution in [2.24, 2.45) is 0 Å². The third-order valence-electron chi connectivity index (χ3n) is 3.04. The van der Waals surface area contributed by atoms with Crippen molar-refractivity contribution in [3.8, 4) is 0 Å². The predicted octanol–water partition coefficient (Wildman–Crippen LogP) is 3.13. The molecule has 0 aliphatic rings. The molecule has 0 saturated heterocycles. The number of unbranched alkanes of at least 4 members (excludes halogenated alkanes) is 3. The molecule has 1 heterocycles. The van der Waals surface area contributed by atoms with Crippen LogP contribution < -0.4 is 11.1 Å². The Morgan fingerprint density at radius 3 is 2.67 bits per heavy atom. The van der Waals surface area contributed by atoms with Crippen molar-refractivity contribution in [2.75, 3.05) is 29.6 Å². The van der Waals surface area contributed by atoms with Crippen molar-refractivity contribution in [1.82, 2.24) is 9.78 Å². The number of nitrogens with one attached hydrogen (secondary N) is 1. The Labute approximate surface area is 115 Å². The van der Waals surface area contributed by atoms with E-state index in [1.54, 1.807) is 0 Å². The maximum Gasteiger partial charge on any atom is 0.148 e. The molecule has 0 fully saturated rings. The molecule has 18 heavy (non-hydrogen) atoms. The van der Waals surface area contributed by atoms with Gasteiger partial charge in [-0.05, 0) is 38.7 Å². The molecule has 0 amide bonds. The third kappa shape index (κ3) is 4.44. The first-order chi connectivity index (χ1) is 8.70. The standard InChI is InChI=1S/C13H26N4S/c1-4-17-13(12(14)11(2)16-17)15-9-7-5-6-8-10-18-3/h15H,4-10,14H2,1-3H3. The molecule has 0 spiro atoms. The molecule has 5 heteroatoms. The molecule has 1 aromatic heterocycles. The van der Waals surface area contributed by atoms with E-state index in [4.69, 9.17) is 5.73 Å². The molecule has 0 unspecified atom stereocenters. The molecule has 0 aromatic carbocycles. The van der Waals surface area contributed by atoms with Crippen LogP contribution in [0, 0.1) is 6.92 Å². The SMILES string of the molecule is CCn1nc(C)c(N)c1NCCCCCCSC. The van der Waals surface area contributed by atoms with Gasteiger partial charge in [0.25, 0.3) is 0 Å². The van der Waals surface area contributed by atoms with Gasteiger partial charge in [-0.1, -0.05) is 12.8 Å². The number of nitrogens with two attached hydrogens (primary N) is 1. The van der Waals surface area contributed by atoms with Gasteiger partial charge in [-0.15, -0.1) is 0 Å². The molecule has 0 atom stereocenters. The van der Waals surface area contributed by atoms with Crippen molar-refractivity contribution in [3.05, 3.63) is 5.69 Å². The lowest BCUT2D eigenvalue weighted by molar-refractivity contribution is 0.648. The maximum atomic E-state index is 6.01. The van der Waals surface area contributed by atoms with E-state index in [1.807, 2.05) is 23.4 Å². The summed E-state index contributed by atoms with van der Waals surface area (Å²) in [6.07, 6.45) is 7.30. The number of rotatable bonds is 9. The molecule has 0 aliphatic heterocycles. The highest BCUT2D eigenvalue weighted by molar-refractivity contribution is 7.98. The van der Waals surface area contributed by atoms with Gasteiger partial charge in [-0.2, -0.15) is 16.9 Å². The second kappa shape index (κ2) is 8.29. The smallest absolute Gasteiger partial charge is 0.148 e. The van der Waals surface area contributed by atoms with Gasteiger partial charge in [0, 0.05) is 13.1 Å². The van der Waals surface area contributed by atoms with Gasteiger partial charge in [0.2, 0.25) is 0 Å². The number of aryl methyl sites for hydroxylation is 2. The minimum Gasteiger partial charge on any atom is -0.394 e. The molecule has 104 valence electrons. The van der Waals surface area contributed by atoms with E-state index < -0.39 is 0 Å². The van der Waals surface area contributed by atoms with Gasteiger partial charge in [0.15, 0.2) is 0 Å². The summed E-state index contributed by atoms with van der Waals surface area (Å²) >= 11 is 1.93. The fraction of sp³-hybridized carbons (Fsp3) is 0.769. The number of hydrogen-bond donors (Lipinski definition) is 2. The van der Waals surface area contributed by atoms with Crippen molar-refractivity contribution in [1.29, 1.82) is 0 Å². The van der Waals surface area contributed by atoms with E-state index in [2.05, 4.69) is 23.6 Å². The van der Waals surface area contributed by atoms with Crippen LogP contribution in [-0.2, 0) is 6.54 Å². The summed E-state index contributed by atoms with van der Waals surface area (Å²) in [6.45, 7) is 5.87. The lowest BCUT2D eigenvalue weighted by atomic mass is 10.2. The zero-order valence-corrected chi connectivity index (χ0v) is 12.6. The van der Waals surface area contributed by atoms with Gasteiger partial charge in [-0.25, -0.2) is 4.68 Å². The van der Waals surface area contributed by atoms with Gasteiger partial charge >= 0.3 is 0 Å². The average Bonchev–Trinajstić information content (AvgIpc) is 2.65. The number of thioether (sulfide) groups is 1. The van der Waals surface area contributed by atoms with E-state index in [1.165, 1.54) is 31.4 Å². The van der Waals surface area contributed by atoms with E-state index in [9.17, 15) is 0 Å². The van der Waals surface area contributed by atoms with Crippen LogP contribution in [0.3, 0.4) is 0 Å². The molecule has 0 saturated carbocycles. The van der Waals surface area contributed by atoms with Crippen LogP contribution >= 0.6 is 11.8 Å². The number of hydrogen-bond acceptors (Lipinski definition) is 4. The van der Waals surface area contributed by atoms with Crippen LogP contribution in [0.2, 0.25) is 0 Å². The van der Waals surface area contributed by atoms with Crippen LogP contribution in [0.1, 0.15) is 38.3 Å². The fourth-order valence-electron chi connectivity index (χ4n) is 1.94. The highest BCUT2D eigenvalue weighted by Gasteiger charge is 2.10. The molecule has 1 rings (SSSR count).